The van der Waals surface area contributed by atoms with Crippen LogP contribution in [0.5, 0.6) is 11.5 Å². The standard InChI is InChI=1S/C21H28N6O2/c1-4-9-27-17(5-8-23-27)14-6-10-26(11-7-14)21-24-16-13-19(29-3)18(28-2)12-15(16)20(22)25-21/h5,8,12-14H,4,6-7,9-11H2,1-3H3,(H2,22,24,25). The Balaban J connectivity index is 1.56. The number of rotatable bonds is 6. The summed E-state index contributed by atoms with van der Waals surface area (Å²) in [4.78, 5) is 11.5. The SMILES string of the molecule is CCCn1nccc1C1CCN(c2nc(N)c3cc(OC)c(OC)cc3n2)CC1. The minimum atomic E-state index is 0.453. The highest BCUT2D eigenvalue weighted by Crippen LogP contribution is 2.35. The Bertz CT molecular complexity index is 994. The van der Waals surface area contributed by atoms with E-state index in [-0.39, 0.29) is 0 Å². The van der Waals surface area contributed by atoms with Crippen LogP contribution in [0, 0.1) is 0 Å². The van der Waals surface area contributed by atoms with Gasteiger partial charge < -0.3 is 20.1 Å². The van der Waals surface area contributed by atoms with Gasteiger partial charge in [0.05, 0.1) is 19.7 Å². The first kappa shape index (κ1) is 19.3. The Labute approximate surface area is 170 Å². The molecule has 0 aliphatic carbocycles. The van der Waals surface area contributed by atoms with Crippen molar-refractivity contribution in [2.45, 2.75) is 38.6 Å². The van der Waals surface area contributed by atoms with Crippen molar-refractivity contribution in [3.8, 4) is 11.5 Å². The smallest absolute Gasteiger partial charge is 0.227 e. The Kier molecular flexibility index (Phi) is 5.42. The second-order valence-corrected chi connectivity index (χ2v) is 7.37. The predicted molar refractivity (Wildman–Crippen MR) is 114 cm³/mol. The molecule has 2 N–H and O–H groups in total. The van der Waals surface area contributed by atoms with Crippen molar-refractivity contribution < 1.29 is 9.47 Å². The van der Waals surface area contributed by atoms with Gasteiger partial charge in [-0.2, -0.15) is 10.1 Å². The summed E-state index contributed by atoms with van der Waals surface area (Å²) in [6, 6.07) is 5.83. The molecule has 2 aromatic heterocycles. The second kappa shape index (κ2) is 8.14. The van der Waals surface area contributed by atoms with Gasteiger partial charge in [0.25, 0.3) is 0 Å². The van der Waals surface area contributed by atoms with Crippen molar-refractivity contribution in [1.29, 1.82) is 0 Å². The molecule has 8 heteroatoms. The van der Waals surface area contributed by atoms with E-state index >= 15 is 0 Å². The molecule has 3 heterocycles. The number of aryl methyl sites for hydroxylation is 1. The van der Waals surface area contributed by atoms with E-state index in [2.05, 4.69) is 32.7 Å². The van der Waals surface area contributed by atoms with Gasteiger partial charge in [-0.25, -0.2) is 4.98 Å². The van der Waals surface area contributed by atoms with Crippen LogP contribution in [0.4, 0.5) is 11.8 Å². The number of nitrogens with two attached hydrogens (primary N) is 1. The maximum Gasteiger partial charge on any atom is 0.227 e. The van der Waals surface area contributed by atoms with Crippen molar-refractivity contribution in [1.82, 2.24) is 19.7 Å². The largest absolute Gasteiger partial charge is 0.493 e. The molecule has 0 unspecified atom stereocenters. The number of hydrogen-bond acceptors (Lipinski definition) is 7. The summed E-state index contributed by atoms with van der Waals surface area (Å²) in [6.45, 7) is 4.93. The summed E-state index contributed by atoms with van der Waals surface area (Å²) in [6.07, 6.45) is 5.09. The molecule has 0 amide bonds. The summed E-state index contributed by atoms with van der Waals surface area (Å²) in [5.41, 5.74) is 8.34. The van der Waals surface area contributed by atoms with Crippen LogP contribution < -0.4 is 20.1 Å². The molecule has 1 fully saturated rings. The third kappa shape index (κ3) is 3.66. The van der Waals surface area contributed by atoms with Crippen molar-refractivity contribution in [3.05, 3.63) is 30.1 Å². The van der Waals surface area contributed by atoms with E-state index in [4.69, 9.17) is 20.2 Å². The number of fused-ring (bicyclic) bond motifs is 1. The van der Waals surface area contributed by atoms with Crippen LogP contribution in [0.2, 0.25) is 0 Å². The summed E-state index contributed by atoms with van der Waals surface area (Å²) < 4.78 is 12.9. The average Bonchev–Trinajstić information content (AvgIpc) is 3.21. The molecule has 4 rings (SSSR count). The summed E-state index contributed by atoms with van der Waals surface area (Å²) >= 11 is 0. The molecule has 154 valence electrons. The molecule has 0 radical (unpaired) electrons. The van der Waals surface area contributed by atoms with Gasteiger partial charge >= 0.3 is 0 Å². The predicted octanol–water partition coefficient (Wildman–Crippen LogP) is 3.22. The van der Waals surface area contributed by atoms with Gasteiger partial charge in [0.1, 0.15) is 5.82 Å². The van der Waals surface area contributed by atoms with E-state index in [1.165, 1.54) is 5.69 Å². The van der Waals surface area contributed by atoms with Gasteiger partial charge in [0, 0.05) is 48.9 Å². The van der Waals surface area contributed by atoms with E-state index in [0.29, 0.717) is 29.2 Å². The lowest BCUT2D eigenvalue weighted by Crippen LogP contribution is -2.34. The zero-order valence-electron chi connectivity index (χ0n) is 17.3. The fourth-order valence-corrected chi connectivity index (χ4v) is 4.07. The van der Waals surface area contributed by atoms with Crippen molar-refractivity contribution in [2.75, 3.05) is 37.9 Å². The highest BCUT2D eigenvalue weighted by Gasteiger charge is 2.25. The first-order valence-electron chi connectivity index (χ1n) is 10.1. The van der Waals surface area contributed by atoms with E-state index in [1.54, 1.807) is 14.2 Å². The van der Waals surface area contributed by atoms with E-state index in [0.717, 1.165) is 49.8 Å². The number of aromatic nitrogens is 4. The van der Waals surface area contributed by atoms with E-state index in [9.17, 15) is 0 Å². The zero-order chi connectivity index (χ0) is 20.4. The summed E-state index contributed by atoms with van der Waals surface area (Å²) in [7, 11) is 3.22. The lowest BCUT2D eigenvalue weighted by molar-refractivity contribution is 0.356. The molecular weight excluding hydrogens is 368 g/mol. The van der Waals surface area contributed by atoms with E-state index in [1.807, 2.05) is 18.3 Å². The van der Waals surface area contributed by atoms with Crippen molar-refractivity contribution in [3.63, 3.8) is 0 Å². The third-order valence-corrected chi connectivity index (χ3v) is 5.60. The number of ether oxygens (including phenoxy) is 2. The average molecular weight is 396 g/mol. The Hall–Kier alpha value is -3.03. The highest BCUT2D eigenvalue weighted by atomic mass is 16.5. The maximum atomic E-state index is 6.25. The molecule has 1 aliphatic rings. The van der Waals surface area contributed by atoms with Crippen LogP contribution in [-0.2, 0) is 6.54 Å². The van der Waals surface area contributed by atoms with Crippen molar-refractivity contribution in [2.24, 2.45) is 0 Å². The van der Waals surface area contributed by atoms with Gasteiger partial charge in [0.2, 0.25) is 5.95 Å². The highest BCUT2D eigenvalue weighted by molar-refractivity contribution is 5.91. The van der Waals surface area contributed by atoms with Gasteiger partial charge in [-0.1, -0.05) is 6.92 Å². The van der Waals surface area contributed by atoms with Crippen LogP contribution in [-0.4, -0.2) is 47.1 Å². The molecule has 0 bridgehead atoms. The molecule has 1 aliphatic heterocycles. The first-order valence-corrected chi connectivity index (χ1v) is 10.1. The topological polar surface area (TPSA) is 91.3 Å². The Morgan fingerprint density at radius 1 is 1.10 bits per heavy atom. The van der Waals surface area contributed by atoms with Crippen LogP contribution in [0.15, 0.2) is 24.4 Å². The molecule has 29 heavy (non-hydrogen) atoms. The fourth-order valence-electron chi connectivity index (χ4n) is 4.07. The van der Waals surface area contributed by atoms with E-state index < -0.39 is 0 Å². The van der Waals surface area contributed by atoms with Crippen molar-refractivity contribution >= 4 is 22.7 Å². The molecule has 0 atom stereocenters. The zero-order valence-corrected chi connectivity index (χ0v) is 17.3. The number of benzene rings is 1. The first-order chi connectivity index (χ1) is 14.1. The van der Waals surface area contributed by atoms with Gasteiger partial charge in [-0.15, -0.1) is 0 Å². The normalized spacial score (nSPS) is 15.1. The number of nitrogen functional groups attached to an aromatic ring is 1. The maximum absolute atomic E-state index is 6.25. The van der Waals surface area contributed by atoms with Gasteiger partial charge in [0.15, 0.2) is 11.5 Å². The molecule has 1 saturated heterocycles. The molecule has 0 spiro atoms. The minimum Gasteiger partial charge on any atom is -0.493 e. The molecule has 3 aromatic rings. The van der Waals surface area contributed by atoms with Gasteiger partial charge in [-0.05, 0) is 31.4 Å². The lowest BCUT2D eigenvalue weighted by atomic mass is 9.93. The van der Waals surface area contributed by atoms with Crippen LogP contribution in [0.3, 0.4) is 0 Å². The number of piperidine rings is 1. The Morgan fingerprint density at radius 2 is 1.83 bits per heavy atom. The quantitative estimate of drug-likeness (QED) is 0.684. The molecule has 8 nitrogen and oxygen atoms in total. The van der Waals surface area contributed by atoms with Crippen LogP contribution in [0.1, 0.15) is 37.8 Å². The number of hydrogen-bond donors (Lipinski definition) is 1. The van der Waals surface area contributed by atoms with Gasteiger partial charge in [-0.3, -0.25) is 4.68 Å². The second-order valence-electron chi connectivity index (χ2n) is 7.37. The summed E-state index contributed by atoms with van der Waals surface area (Å²) in [5.74, 6) is 2.89. The number of nitrogens with zero attached hydrogens (tertiary/aromatic N) is 5. The fraction of sp³-hybridized carbons (Fsp3) is 0.476. The van der Waals surface area contributed by atoms with Crippen LogP contribution >= 0.6 is 0 Å². The minimum absolute atomic E-state index is 0.453. The lowest BCUT2D eigenvalue weighted by Gasteiger charge is -2.32. The monoisotopic (exact) mass is 396 g/mol. The molecule has 1 aromatic carbocycles. The number of anilines is 2. The molecule has 0 saturated carbocycles. The summed E-state index contributed by atoms with van der Waals surface area (Å²) in [5, 5.41) is 5.24. The molecular formula is C21H28N6O2. The third-order valence-electron chi connectivity index (χ3n) is 5.60. The van der Waals surface area contributed by atoms with Crippen LogP contribution in [0.25, 0.3) is 10.9 Å². The number of methoxy groups -OCH3 is 2. The Morgan fingerprint density at radius 3 is 2.52 bits per heavy atom.